The minimum Gasteiger partial charge on any atom is -0.233 e. The maximum absolute atomic E-state index is 6.85. The predicted octanol–water partition coefficient (Wildman–Crippen LogP) is -0.658. The fourth-order valence-electron chi connectivity index (χ4n) is 0. The van der Waals surface area contributed by atoms with Crippen molar-refractivity contribution in [3.05, 3.63) is 0 Å². The Bertz CT molecular complexity index is 11.5. The van der Waals surface area contributed by atoms with Crippen LogP contribution in [-0.4, -0.2) is 5.26 Å². The van der Waals surface area contributed by atoms with Crippen LogP contribution in [0.4, 0.5) is 0 Å². The molecule has 0 aliphatic rings. The minimum absolute atomic E-state index is 0. The summed E-state index contributed by atoms with van der Waals surface area (Å²) in [7, 11) is 0. The van der Waals surface area contributed by atoms with Crippen LogP contribution in [0.3, 0.4) is 0 Å². The van der Waals surface area contributed by atoms with Gasteiger partial charge >= 0.3 is 0 Å². The summed E-state index contributed by atoms with van der Waals surface area (Å²) in [6, 6.07) is 0. The van der Waals surface area contributed by atoms with E-state index in [0.717, 1.165) is 0 Å². The summed E-state index contributed by atoms with van der Waals surface area (Å²) >= 11 is 0. The van der Waals surface area contributed by atoms with Crippen molar-refractivity contribution in [3.63, 3.8) is 0 Å². The van der Waals surface area contributed by atoms with Gasteiger partial charge in [-0.05, 0) is 0 Å². The molecule has 0 spiro atoms. The molecule has 1 radical (unpaired) electrons. The van der Waals surface area contributed by atoms with Gasteiger partial charge in [0, 0.05) is 65.8 Å². The Kier molecular flexibility index (Phi) is 113. The quantitative estimate of drug-likeness (QED) is 0.342. The molecule has 0 aliphatic heterocycles. The molecule has 0 saturated heterocycles. The summed E-state index contributed by atoms with van der Waals surface area (Å²) in [5.74, 6) is 3.90. The van der Waals surface area contributed by atoms with Gasteiger partial charge in [0.15, 0.2) is 0 Å². The van der Waals surface area contributed by atoms with E-state index in [-0.39, 0.29) is 65.8 Å². The second kappa shape index (κ2) is 27.7. The molecule has 39 valence electrons. The minimum atomic E-state index is 0. The van der Waals surface area contributed by atoms with Crippen molar-refractivity contribution in [1.29, 1.82) is 0 Å². The molecule has 3 nitrogen and oxygen atoms in total. The van der Waals surface area contributed by atoms with E-state index in [1.807, 2.05) is 0 Å². The van der Waals surface area contributed by atoms with Gasteiger partial charge in [-0.3, -0.25) is 0 Å². The third-order valence-corrected chi connectivity index (χ3v) is 0. The molecular weight excluding hydrogens is 250 g/mol. The number of nitrogens with two attached hydrogens (primary N) is 1. The maximum atomic E-state index is 6.85. The van der Waals surface area contributed by atoms with Crippen LogP contribution >= 0.6 is 0 Å². The fraction of sp³-hybridized carbons (Fsp3) is 0. The van der Waals surface area contributed by atoms with Gasteiger partial charge in [0.05, 0.1) is 0 Å². The van der Waals surface area contributed by atoms with Crippen LogP contribution in [0.2, 0.25) is 0 Å². The standard InChI is InChI=1S/Ag.H3NO2.2Ti/c;1-3-2;;/h;2H,1H2;;. The first-order valence-corrected chi connectivity index (χ1v) is 0.418. The van der Waals surface area contributed by atoms with Crippen LogP contribution in [0.15, 0.2) is 0 Å². The van der Waals surface area contributed by atoms with Gasteiger partial charge in [-0.1, -0.05) is 0 Å². The summed E-state index contributed by atoms with van der Waals surface area (Å²) in [5.41, 5.74) is 0. The van der Waals surface area contributed by atoms with E-state index >= 15 is 0 Å². The Labute approximate surface area is 81.2 Å². The average molecular weight is 253 g/mol. The van der Waals surface area contributed by atoms with Gasteiger partial charge in [-0.2, -0.15) is 5.90 Å². The van der Waals surface area contributed by atoms with Gasteiger partial charge in [0.2, 0.25) is 0 Å². The molecular formula is H3AgNO2Ti2. The van der Waals surface area contributed by atoms with E-state index in [9.17, 15) is 0 Å². The zero-order chi connectivity index (χ0) is 2.71. The van der Waals surface area contributed by atoms with Crippen LogP contribution in [-0.2, 0) is 70.8 Å². The van der Waals surface area contributed by atoms with Crippen LogP contribution in [0, 0.1) is 0 Å². The summed E-state index contributed by atoms with van der Waals surface area (Å²) < 4.78 is 0. The van der Waals surface area contributed by atoms with Crippen LogP contribution < -0.4 is 5.90 Å². The monoisotopic (exact) mass is 252 g/mol. The zero-order valence-corrected chi connectivity index (χ0v) is 7.34. The van der Waals surface area contributed by atoms with Crippen LogP contribution in [0.25, 0.3) is 0 Å². The molecule has 0 unspecified atom stereocenters. The predicted molar refractivity (Wildman–Crippen MR) is 7.90 cm³/mol. The summed E-state index contributed by atoms with van der Waals surface area (Å²) in [6.45, 7) is 0. The van der Waals surface area contributed by atoms with Gasteiger partial charge < -0.3 is 0 Å². The Morgan fingerprint density at radius 2 is 1.33 bits per heavy atom. The topological polar surface area (TPSA) is 55.5 Å². The summed E-state index contributed by atoms with van der Waals surface area (Å²) in [5, 5.41) is 6.85. The van der Waals surface area contributed by atoms with Crippen molar-refractivity contribution < 1.29 is 76.1 Å². The SMILES string of the molecule is NOO.[Ag].[Ti].[Ti]. The zero-order valence-electron chi connectivity index (χ0n) is 2.73. The van der Waals surface area contributed by atoms with Gasteiger partial charge in [0.1, 0.15) is 0 Å². The van der Waals surface area contributed by atoms with E-state index in [2.05, 4.69) is 10.9 Å². The first-order valence-electron chi connectivity index (χ1n) is 0.418. The van der Waals surface area contributed by atoms with Crippen molar-refractivity contribution in [2.75, 3.05) is 0 Å². The van der Waals surface area contributed by atoms with E-state index in [1.54, 1.807) is 0 Å². The number of rotatable bonds is 0. The molecule has 6 heavy (non-hydrogen) atoms. The fourth-order valence-corrected chi connectivity index (χ4v) is 0. The maximum Gasteiger partial charge on any atom is 0 e. The molecule has 0 amide bonds. The third kappa shape index (κ3) is 36.7. The van der Waals surface area contributed by atoms with Crippen molar-refractivity contribution in [2.24, 2.45) is 5.90 Å². The number of hydrogen-bond acceptors (Lipinski definition) is 3. The summed E-state index contributed by atoms with van der Waals surface area (Å²) in [4.78, 5) is 2.75. The first kappa shape index (κ1) is 24.4. The van der Waals surface area contributed by atoms with E-state index in [4.69, 9.17) is 5.26 Å². The molecule has 0 bridgehead atoms. The Hall–Kier alpha value is 2.05. The molecule has 0 aromatic carbocycles. The molecule has 0 aromatic rings. The molecule has 0 aliphatic carbocycles. The molecule has 0 heterocycles. The first-order chi connectivity index (χ1) is 1.41. The van der Waals surface area contributed by atoms with Gasteiger partial charge in [-0.15, -0.1) is 4.99 Å². The second-order valence-corrected chi connectivity index (χ2v) is 0.105. The van der Waals surface area contributed by atoms with E-state index in [0.29, 0.717) is 0 Å². The van der Waals surface area contributed by atoms with Crippen LogP contribution in [0.1, 0.15) is 0 Å². The molecule has 0 rings (SSSR count). The average Bonchev–Trinajstić information content (AvgIpc) is 0.918. The molecule has 3 N–H and O–H groups in total. The van der Waals surface area contributed by atoms with E-state index < -0.39 is 0 Å². The second-order valence-electron chi connectivity index (χ2n) is 0.105. The van der Waals surface area contributed by atoms with Crippen LogP contribution in [0.5, 0.6) is 0 Å². The van der Waals surface area contributed by atoms with Gasteiger partial charge in [0.25, 0.3) is 0 Å². The molecule has 0 fully saturated rings. The van der Waals surface area contributed by atoms with E-state index in [1.165, 1.54) is 0 Å². The Morgan fingerprint density at radius 3 is 1.33 bits per heavy atom. The Balaban J connectivity index is -0.00000000667. The Morgan fingerprint density at radius 1 is 1.33 bits per heavy atom. The smallest absolute Gasteiger partial charge is 0 e. The molecule has 6 heteroatoms. The van der Waals surface area contributed by atoms with Crippen molar-refractivity contribution in [2.45, 2.75) is 0 Å². The van der Waals surface area contributed by atoms with Crippen molar-refractivity contribution in [3.8, 4) is 0 Å². The van der Waals surface area contributed by atoms with Gasteiger partial charge in [-0.25, -0.2) is 5.26 Å². The molecule has 0 aromatic heterocycles. The largest absolute Gasteiger partial charge is 0.233 e. The van der Waals surface area contributed by atoms with Crippen molar-refractivity contribution in [1.82, 2.24) is 0 Å². The summed E-state index contributed by atoms with van der Waals surface area (Å²) in [6.07, 6.45) is 0. The molecule has 0 saturated carbocycles. The normalized spacial score (nSPS) is 3.00. The molecule has 0 atom stereocenters. The number of hydrogen-bond donors (Lipinski definition) is 2. The van der Waals surface area contributed by atoms with Crippen molar-refractivity contribution >= 4 is 0 Å². The third-order valence-electron chi connectivity index (χ3n) is 0.